The molecule has 0 aliphatic carbocycles. The largest absolute Gasteiger partial charge is 0.397 e. The Balaban J connectivity index is 2.16. The SMILES string of the molecule is Nc1cc(F)c(Cl)cc1NCc1ccccc1Cl. The first kappa shape index (κ1) is 13.0. The van der Waals surface area contributed by atoms with Crippen LogP contribution in [0, 0.1) is 5.82 Å². The molecule has 2 aromatic rings. The Morgan fingerprint density at radius 3 is 2.56 bits per heavy atom. The van der Waals surface area contributed by atoms with E-state index in [9.17, 15) is 4.39 Å². The van der Waals surface area contributed by atoms with E-state index in [4.69, 9.17) is 28.9 Å². The van der Waals surface area contributed by atoms with Gasteiger partial charge >= 0.3 is 0 Å². The summed E-state index contributed by atoms with van der Waals surface area (Å²) in [5.41, 5.74) is 7.52. The molecule has 2 aromatic carbocycles. The number of benzene rings is 2. The van der Waals surface area contributed by atoms with Crippen LogP contribution >= 0.6 is 23.2 Å². The average molecular weight is 285 g/mol. The molecule has 0 amide bonds. The van der Waals surface area contributed by atoms with E-state index in [2.05, 4.69) is 5.32 Å². The molecule has 0 aliphatic heterocycles. The van der Waals surface area contributed by atoms with Gasteiger partial charge in [-0.1, -0.05) is 41.4 Å². The summed E-state index contributed by atoms with van der Waals surface area (Å²) in [7, 11) is 0. The van der Waals surface area contributed by atoms with Crippen molar-refractivity contribution in [1.29, 1.82) is 0 Å². The molecule has 0 bridgehead atoms. The predicted octanol–water partition coefficient (Wildman–Crippen LogP) is 4.33. The van der Waals surface area contributed by atoms with Crippen LogP contribution in [0.5, 0.6) is 0 Å². The molecule has 0 heterocycles. The lowest BCUT2D eigenvalue weighted by atomic mass is 10.2. The fourth-order valence-electron chi connectivity index (χ4n) is 1.55. The van der Waals surface area contributed by atoms with Crippen molar-refractivity contribution in [3.05, 3.63) is 57.8 Å². The van der Waals surface area contributed by atoms with Gasteiger partial charge in [-0.15, -0.1) is 0 Å². The Morgan fingerprint density at radius 2 is 1.83 bits per heavy atom. The molecule has 0 radical (unpaired) electrons. The Kier molecular flexibility index (Phi) is 3.94. The zero-order valence-electron chi connectivity index (χ0n) is 9.38. The highest BCUT2D eigenvalue weighted by molar-refractivity contribution is 6.31. The van der Waals surface area contributed by atoms with Crippen LogP contribution in [0.15, 0.2) is 36.4 Å². The van der Waals surface area contributed by atoms with Gasteiger partial charge in [-0.05, 0) is 17.7 Å². The first-order valence-electron chi connectivity index (χ1n) is 5.29. The van der Waals surface area contributed by atoms with Gasteiger partial charge in [-0.2, -0.15) is 0 Å². The fourth-order valence-corrected chi connectivity index (χ4v) is 1.91. The molecular formula is C13H11Cl2FN2. The minimum Gasteiger partial charge on any atom is -0.397 e. The number of hydrogen-bond donors (Lipinski definition) is 2. The standard InChI is InChI=1S/C13H11Cl2FN2/c14-9-4-2-1-3-8(9)7-18-13-5-10(15)11(16)6-12(13)17/h1-6,18H,7,17H2. The van der Waals surface area contributed by atoms with Crippen molar-refractivity contribution >= 4 is 34.6 Å². The number of rotatable bonds is 3. The highest BCUT2D eigenvalue weighted by Gasteiger charge is 2.06. The zero-order valence-corrected chi connectivity index (χ0v) is 10.9. The maximum atomic E-state index is 13.1. The van der Waals surface area contributed by atoms with Gasteiger partial charge in [0.1, 0.15) is 5.82 Å². The van der Waals surface area contributed by atoms with E-state index in [1.54, 1.807) is 6.07 Å². The zero-order chi connectivity index (χ0) is 13.1. The second-order valence-electron chi connectivity index (χ2n) is 3.80. The van der Waals surface area contributed by atoms with Crippen molar-refractivity contribution in [3.63, 3.8) is 0 Å². The summed E-state index contributed by atoms with van der Waals surface area (Å²) in [6.07, 6.45) is 0. The fraction of sp³-hybridized carbons (Fsp3) is 0.0769. The monoisotopic (exact) mass is 284 g/mol. The molecule has 0 atom stereocenters. The van der Waals surface area contributed by atoms with Gasteiger partial charge in [-0.3, -0.25) is 0 Å². The molecule has 0 saturated heterocycles. The van der Waals surface area contributed by atoms with Gasteiger partial charge in [0.25, 0.3) is 0 Å². The van der Waals surface area contributed by atoms with Gasteiger partial charge < -0.3 is 11.1 Å². The number of nitrogens with two attached hydrogens (primary N) is 1. The molecular weight excluding hydrogens is 274 g/mol. The van der Waals surface area contributed by atoms with E-state index < -0.39 is 5.82 Å². The molecule has 0 aromatic heterocycles. The van der Waals surface area contributed by atoms with E-state index in [-0.39, 0.29) is 5.02 Å². The van der Waals surface area contributed by atoms with Crippen LogP contribution in [0.25, 0.3) is 0 Å². The molecule has 3 N–H and O–H groups in total. The highest BCUT2D eigenvalue weighted by atomic mass is 35.5. The van der Waals surface area contributed by atoms with Gasteiger partial charge in [0, 0.05) is 17.6 Å². The Labute approximate surface area is 115 Å². The summed E-state index contributed by atoms with van der Waals surface area (Å²) in [6, 6.07) is 10.1. The van der Waals surface area contributed by atoms with E-state index in [0.717, 1.165) is 5.56 Å². The van der Waals surface area contributed by atoms with Gasteiger partial charge in [0.05, 0.1) is 16.4 Å². The summed E-state index contributed by atoms with van der Waals surface area (Å²) in [4.78, 5) is 0. The lowest BCUT2D eigenvalue weighted by Gasteiger charge is -2.11. The normalized spacial score (nSPS) is 10.4. The Bertz CT molecular complexity index is 573. The lowest BCUT2D eigenvalue weighted by Crippen LogP contribution is -2.03. The number of anilines is 2. The third-order valence-corrected chi connectivity index (χ3v) is 3.18. The lowest BCUT2D eigenvalue weighted by molar-refractivity contribution is 0.629. The molecule has 0 unspecified atom stereocenters. The minimum absolute atomic E-state index is 0.0332. The van der Waals surface area contributed by atoms with E-state index in [0.29, 0.717) is 22.9 Å². The van der Waals surface area contributed by atoms with Crippen LogP contribution in [0.4, 0.5) is 15.8 Å². The topological polar surface area (TPSA) is 38.0 Å². The summed E-state index contributed by atoms with van der Waals surface area (Å²) < 4.78 is 13.1. The second-order valence-corrected chi connectivity index (χ2v) is 4.61. The molecule has 2 nitrogen and oxygen atoms in total. The molecule has 2 rings (SSSR count). The van der Waals surface area contributed by atoms with Crippen LogP contribution < -0.4 is 11.1 Å². The van der Waals surface area contributed by atoms with Crippen molar-refractivity contribution in [2.45, 2.75) is 6.54 Å². The number of nitrogens with one attached hydrogen (secondary N) is 1. The van der Waals surface area contributed by atoms with Gasteiger partial charge in [0.15, 0.2) is 0 Å². The Hall–Kier alpha value is -1.45. The quantitative estimate of drug-likeness (QED) is 0.824. The van der Waals surface area contributed by atoms with Crippen molar-refractivity contribution in [2.24, 2.45) is 0 Å². The van der Waals surface area contributed by atoms with Crippen molar-refractivity contribution < 1.29 is 4.39 Å². The molecule has 0 spiro atoms. The number of hydrogen-bond acceptors (Lipinski definition) is 2. The van der Waals surface area contributed by atoms with E-state index >= 15 is 0 Å². The maximum Gasteiger partial charge on any atom is 0.143 e. The van der Waals surface area contributed by atoms with Gasteiger partial charge in [0.2, 0.25) is 0 Å². The maximum absolute atomic E-state index is 13.1. The van der Waals surface area contributed by atoms with Crippen molar-refractivity contribution in [2.75, 3.05) is 11.1 Å². The average Bonchev–Trinajstić information content (AvgIpc) is 2.34. The second kappa shape index (κ2) is 5.46. The van der Waals surface area contributed by atoms with Gasteiger partial charge in [-0.25, -0.2) is 4.39 Å². The van der Waals surface area contributed by atoms with E-state index in [1.165, 1.54) is 12.1 Å². The van der Waals surface area contributed by atoms with Crippen LogP contribution in [0.3, 0.4) is 0 Å². The van der Waals surface area contributed by atoms with Crippen LogP contribution in [0.1, 0.15) is 5.56 Å². The number of nitrogen functional groups attached to an aromatic ring is 1. The Morgan fingerprint density at radius 1 is 1.11 bits per heavy atom. The third kappa shape index (κ3) is 2.86. The molecule has 0 fully saturated rings. The summed E-state index contributed by atoms with van der Waals surface area (Å²) in [6.45, 7) is 0.492. The van der Waals surface area contributed by atoms with Crippen molar-refractivity contribution in [1.82, 2.24) is 0 Å². The summed E-state index contributed by atoms with van der Waals surface area (Å²) in [5, 5.41) is 3.77. The smallest absolute Gasteiger partial charge is 0.143 e. The first-order chi connectivity index (χ1) is 8.58. The summed E-state index contributed by atoms with van der Waals surface area (Å²) in [5.74, 6) is -0.530. The molecule has 5 heteroatoms. The van der Waals surface area contributed by atoms with Crippen LogP contribution in [-0.4, -0.2) is 0 Å². The highest BCUT2D eigenvalue weighted by Crippen LogP contribution is 2.27. The molecule has 18 heavy (non-hydrogen) atoms. The van der Waals surface area contributed by atoms with Crippen LogP contribution in [-0.2, 0) is 6.54 Å². The molecule has 94 valence electrons. The number of halogens is 3. The minimum atomic E-state index is -0.530. The third-order valence-electron chi connectivity index (χ3n) is 2.52. The van der Waals surface area contributed by atoms with Crippen LogP contribution in [0.2, 0.25) is 10.0 Å². The van der Waals surface area contributed by atoms with E-state index in [1.807, 2.05) is 18.2 Å². The predicted molar refractivity (Wildman–Crippen MR) is 74.6 cm³/mol. The molecule has 0 aliphatic rings. The molecule has 0 saturated carbocycles. The summed E-state index contributed by atoms with van der Waals surface area (Å²) >= 11 is 11.7. The first-order valence-corrected chi connectivity index (χ1v) is 6.05. The van der Waals surface area contributed by atoms with Crippen molar-refractivity contribution in [3.8, 4) is 0 Å².